The number of carbonyl (C=O) groups excluding carboxylic acids is 2. The Labute approximate surface area is 211 Å². The highest BCUT2D eigenvalue weighted by molar-refractivity contribution is 6.07. The van der Waals surface area contributed by atoms with Crippen LogP contribution in [0.25, 0.3) is 0 Å². The summed E-state index contributed by atoms with van der Waals surface area (Å²) in [4.78, 5) is 30.0. The summed E-state index contributed by atoms with van der Waals surface area (Å²) >= 11 is 0. The molecule has 1 aliphatic rings. The number of para-hydroxylation sites is 1. The molecule has 0 aromatic heterocycles. The Morgan fingerprint density at radius 3 is 2.11 bits per heavy atom. The molecule has 1 amide bonds. The number of ether oxygens (including phenoxy) is 2. The molecule has 0 spiro atoms. The lowest BCUT2D eigenvalue weighted by atomic mass is 9.84. The lowest BCUT2D eigenvalue weighted by molar-refractivity contribution is 0.0523. The third-order valence-corrected chi connectivity index (χ3v) is 5.58. The van der Waals surface area contributed by atoms with Crippen LogP contribution >= 0.6 is 0 Å². The first kappa shape index (κ1) is 24.9. The van der Waals surface area contributed by atoms with Crippen molar-refractivity contribution in [1.82, 2.24) is 5.32 Å². The zero-order valence-electron chi connectivity index (χ0n) is 20.7. The fourth-order valence-electron chi connectivity index (χ4n) is 3.86. The van der Waals surface area contributed by atoms with Crippen molar-refractivity contribution in [2.24, 2.45) is 4.99 Å². The minimum atomic E-state index is -0.988. The van der Waals surface area contributed by atoms with E-state index in [4.69, 9.17) is 9.47 Å². The first-order valence-corrected chi connectivity index (χ1v) is 11.9. The number of aliphatic imine (C=N–C) groups is 1. The molecule has 6 nitrogen and oxygen atoms in total. The number of nitrogens with one attached hydrogen (secondary N) is 1. The molecule has 1 atom stereocenters. The fraction of sp³-hybridized carbons (Fsp3) is 0.233. The van der Waals surface area contributed by atoms with Crippen LogP contribution in [-0.4, -0.2) is 29.2 Å². The molecule has 3 aromatic rings. The second-order valence-electron chi connectivity index (χ2n) is 9.68. The van der Waals surface area contributed by atoms with E-state index in [-0.39, 0.29) is 5.78 Å². The van der Waals surface area contributed by atoms with Gasteiger partial charge < -0.3 is 14.8 Å². The van der Waals surface area contributed by atoms with Crippen LogP contribution < -0.4 is 10.1 Å². The summed E-state index contributed by atoms with van der Waals surface area (Å²) in [6, 6.07) is 24.4. The Hall–Kier alpha value is -4.19. The highest BCUT2D eigenvalue weighted by Crippen LogP contribution is 2.29. The van der Waals surface area contributed by atoms with Crippen LogP contribution in [-0.2, 0) is 17.7 Å². The summed E-state index contributed by atoms with van der Waals surface area (Å²) in [6.07, 6.45) is 5.30. The zero-order valence-corrected chi connectivity index (χ0v) is 20.7. The second kappa shape index (κ2) is 10.6. The van der Waals surface area contributed by atoms with E-state index in [0.717, 1.165) is 16.9 Å². The fourth-order valence-corrected chi connectivity index (χ4v) is 3.86. The quantitative estimate of drug-likeness (QED) is 0.382. The Bertz CT molecular complexity index is 1240. The average Bonchev–Trinajstić information content (AvgIpc) is 3.33. The number of hydrogen-bond donors (Lipinski definition) is 1. The van der Waals surface area contributed by atoms with Gasteiger partial charge in [-0.15, -0.1) is 0 Å². The number of rotatable bonds is 8. The maximum atomic E-state index is 13.5. The Kier molecular flexibility index (Phi) is 7.34. The van der Waals surface area contributed by atoms with Crippen LogP contribution in [0.4, 0.5) is 4.79 Å². The summed E-state index contributed by atoms with van der Waals surface area (Å²) < 4.78 is 11.1. The van der Waals surface area contributed by atoms with Crippen molar-refractivity contribution >= 4 is 18.1 Å². The number of ketones is 1. The van der Waals surface area contributed by atoms with E-state index in [9.17, 15) is 9.59 Å². The SMILES string of the molecule is CC(C)(C)OC(=O)NCc1ccc(CC2(C(=O)c3ccc(Oc4ccccc4)cc3)C=CC=N2)cc1. The first-order valence-electron chi connectivity index (χ1n) is 11.9. The zero-order chi connectivity index (χ0) is 25.6. The van der Waals surface area contributed by atoms with Gasteiger partial charge in [0, 0.05) is 24.7 Å². The average molecular weight is 483 g/mol. The lowest BCUT2D eigenvalue weighted by Crippen LogP contribution is -2.36. The van der Waals surface area contributed by atoms with Crippen molar-refractivity contribution in [1.29, 1.82) is 0 Å². The number of benzene rings is 3. The van der Waals surface area contributed by atoms with Gasteiger partial charge in [0.2, 0.25) is 0 Å². The molecule has 4 rings (SSSR count). The number of alkyl carbamates (subject to hydrolysis) is 1. The summed E-state index contributed by atoms with van der Waals surface area (Å²) in [5.74, 6) is 1.32. The van der Waals surface area contributed by atoms with Crippen LogP contribution in [0.1, 0.15) is 42.3 Å². The monoisotopic (exact) mass is 482 g/mol. The topological polar surface area (TPSA) is 77.0 Å². The molecule has 3 aromatic carbocycles. The second-order valence-corrected chi connectivity index (χ2v) is 9.68. The molecule has 6 heteroatoms. The van der Waals surface area contributed by atoms with Crippen LogP contribution in [0.15, 0.2) is 96.0 Å². The molecule has 1 unspecified atom stereocenters. The van der Waals surface area contributed by atoms with Gasteiger partial charge in [-0.05, 0) is 80.4 Å². The van der Waals surface area contributed by atoms with Gasteiger partial charge in [-0.2, -0.15) is 0 Å². The van der Waals surface area contributed by atoms with E-state index in [1.807, 2.05) is 87.5 Å². The number of nitrogens with zero attached hydrogens (tertiary/aromatic N) is 1. The summed E-state index contributed by atoms with van der Waals surface area (Å²) in [6.45, 7) is 5.83. The minimum absolute atomic E-state index is 0.0746. The lowest BCUT2D eigenvalue weighted by Gasteiger charge is -2.23. The number of Topliss-reactive ketones (excluding diaryl/α,β-unsaturated/α-hetero) is 1. The third-order valence-electron chi connectivity index (χ3n) is 5.58. The van der Waals surface area contributed by atoms with Gasteiger partial charge in [0.05, 0.1) is 0 Å². The van der Waals surface area contributed by atoms with Gasteiger partial charge in [-0.1, -0.05) is 42.5 Å². The molecule has 36 heavy (non-hydrogen) atoms. The maximum absolute atomic E-state index is 13.5. The first-order chi connectivity index (χ1) is 17.2. The van der Waals surface area contributed by atoms with Gasteiger partial charge in [-0.3, -0.25) is 9.79 Å². The molecule has 0 saturated heterocycles. The van der Waals surface area contributed by atoms with E-state index in [0.29, 0.717) is 24.3 Å². The molecule has 0 radical (unpaired) electrons. The smallest absolute Gasteiger partial charge is 0.407 e. The van der Waals surface area contributed by atoms with Crippen LogP contribution in [0.5, 0.6) is 11.5 Å². The van der Waals surface area contributed by atoms with Gasteiger partial charge >= 0.3 is 6.09 Å². The van der Waals surface area contributed by atoms with Crippen LogP contribution in [0.3, 0.4) is 0 Å². The van der Waals surface area contributed by atoms with Crippen molar-refractivity contribution in [3.8, 4) is 11.5 Å². The van der Waals surface area contributed by atoms with Crippen LogP contribution in [0.2, 0.25) is 0 Å². The number of carbonyl (C=O) groups is 2. The Morgan fingerprint density at radius 1 is 0.861 bits per heavy atom. The van der Waals surface area contributed by atoms with E-state index >= 15 is 0 Å². The predicted molar refractivity (Wildman–Crippen MR) is 141 cm³/mol. The van der Waals surface area contributed by atoms with Crippen LogP contribution in [0, 0.1) is 0 Å². The molecule has 0 aliphatic carbocycles. The van der Waals surface area contributed by atoms with Gasteiger partial charge in [0.15, 0.2) is 5.78 Å². The van der Waals surface area contributed by atoms with Crippen molar-refractivity contribution in [3.05, 3.63) is 108 Å². The highest BCUT2D eigenvalue weighted by Gasteiger charge is 2.37. The van der Waals surface area contributed by atoms with Gasteiger partial charge in [-0.25, -0.2) is 4.79 Å². The number of amides is 1. The summed E-state index contributed by atoms with van der Waals surface area (Å²) in [5.41, 5.74) is 0.941. The number of hydrogen-bond acceptors (Lipinski definition) is 5. The predicted octanol–water partition coefficient (Wildman–Crippen LogP) is 6.31. The highest BCUT2D eigenvalue weighted by atomic mass is 16.6. The molecule has 0 saturated carbocycles. The van der Waals surface area contributed by atoms with E-state index in [1.54, 1.807) is 30.5 Å². The molecule has 184 valence electrons. The van der Waals surface area contributed by atoms with Crippen molar-refractivity contribution in [2.45, 2.75) is 44.9 Å². The molecular weight excluding hydrogens is 452 g/mol. The maximum Gasteiger partial charge on any atom is 0.407 e. The standard InChI is InChI=1S/C30H30N2O4/c1-29(2,3)36-28(34)31-21-23-12-10-22(11-13-23)20-30(18-7-19-32-30)27(33)24-14-16-26(17-15-24)35-25-8-5-4-6-9-25/h4-19H,20-21H2,1-3H3,(H,31,34). The molecule has 1 N–H and O–H groups in total. The Balaban J connectivity index is 1.41. The van der Waals surface area contributed by atoms with Crippen molar-refractivity contribution < 1.29 is 19.1 Å². The molecule has 1 aliphatic heterocycles. The van der Waals surface area contributed by atoms with Crippen molar-refractivity contribution in [2.75, 3.05) is 0 Å². The van der Waals surface area contributed by atoms with E-state index in [1.165, 1.54) is 0 Å². The molecule has 0 bridgehead atoms. The summed E-state index contributed by atoms with van der Waals surface area (Å²) in [5, 5.41) is 2.75. The molecular formula is C30H30N2O4. The number of allylic oxidation sites excluding steroid dienone is 1. The molecule has 0 fully saturated rings. The Morgan fingerprint density at radius 2 is 1.50 bits per heavy atom. The van der Waals surface area contributed by atoms with E-state index < -0.39 is 17.2 Å². The third kappa shape index (κ3) is 6.48. The van der Waals surface area contributed by atoms with Crippen molar-refractivity contribution in [3.63, 3.8) is 0 Å². The van der Waals surface area contributed by atoms with E-state index in [2.05, 4.69) is 10.3 Å². The van der Waals surface area contributed by atoms with Gasteiger partial charge in [0.25, 0.3) is 0 Å². The largest absolute Gasteiger partial charge is 0.457 e. The minimum Gasteiger partial charge on any atom is -0.457 e. The molecule has 1 heterocycles. The summed E-state index contributed by atoms with van der Waals surface area (Å²) in [7, 11) is 0. The normalized spacial score (nSPS) is 16.5. The van der Waals surface area contributed by atoms with Gasteiger partial charge in [0.1, 0.15) is 22.6 Å².